The third kappa shape index (κ3) is 5.20. The number of rotatable bonds is 4. The van der Waals surface area contributed by atoms with Gasteiger partial charge < -0.3 is 5.32 Å². The Hall–Kier alpha value is -1.87. The molecule has 0 aliphatic heterocycles. The Morgan fingerprint density at radius 2 is 1.90 bits per heavy atom. The number of allylic oxidation sites excluding steroid dienone is 1. The van der Waals surface area contributed by atoms with E-state index in [1.807, 2.05) is 41.8 Å². The van der Waals surface area contributed by atoms with Crippen molar-refractivity contribution in [1.29, 1.82) is 0 Å². The van der Waals surface area contributed by atoms with E-state index in [1.165, 1.54) is 0 Å². The highest BCUT2D eigenvalue weighted by molar-refractivity contribution is 7.09. The molecule has 2 aromatic rings. The summed E-state index contributed by atoms with van der Waals surface area (Å²) in [4.78, 5) is 13.2. The van der Waals surface area contributed by atoms with Crippen LogP contribution in [0.3, 0.4) is 0 Å². The van der Waals surface area contributed by atoms with E-state index >= 15 is 0 Å². The molecule has 0 saturated heterocycles. The molecular formula is C18H21NOS. The van der Waals surface area contributed by atoms with E-state index in [1.54, 1.807) is 11.3 Å². The van der Waals surface area contributed by atoms with Crippen molar-refractivity contribution in [2.75, 3.05) is 0 Å². The van der Waals surface area contributed by atoms with Crippen molar-refractivity contribution in [3.05, 3.63) is 63.9 Å². The van der Waals surface area contributed by atoms with Crippen molar-refractivity contribution >= 4 is 23.3 Å². The Balaban J connectivity index is 1.95. The first-order valence-electron chi connectivity index (χ1n) is 7.04. The van der Waals surface area contributed by atoms with Crippen LogP contribution in [-0.2, 0) is 6.54 Å². The van der Waals surface area contributed by atoms with Gasteiger partial charge in [0.25, 0.3) is 5.91 Å². The van der Waals surface area contributed by atoms with Crippen LogP contribution in [-0.4, -0.2) is 5.91 Å². The zero-order valence-electron chi connectivity index (χ0n) is 12.7. The lowest BCUT2D eigenvalue weighted by Gasteiger charge is -2.11. The van der Waals surface area contributed by atoms with Crippen LogP contribution in [0.4, 0.5) is 0 Å². The maximum absolute atomic E-state index is 12.0. The molecule has 0 aliphatic rings. The van der Waals surface area contributed by atoms with Crippen molar-refractivity contribution in [1.82, 2.24) is 5.32 Å². The molecule has 1 N–H and O–H groups in total. The van der Waals surface area contributed by atoms with E-state index in [9.17, 15) is 4.79 Å². The van der Waals surface area contributed by atoms with Crippen molar-refractivity contribution in [2.24, 2.45) is 5.41 Å². The van der Waals surface area contributed by atoms with Gasteiger partial charge >= 0.3 is 0 Å². The first kappa shape index (κ1) is 15.5. The number of hydrogen-bond donors (Lipinski definition) is 1. The fourth-order valence-electron chi connectivity index (χ4n) is 1.77. The molecule has 0 aliphatic carbocycles. The Labute approximate surface area is 130 Å². The highest BCUT2D eigenvalue weighted by Crippen LogP contribution is 2.17. The van der Waals surface area contributed by atoms with Gasteiger partial charge in [0.1, 0.15) is 0 Å². The minimum atomic E-state index is -0.0326. The average molecular weight is 299 g/mol. The van der Waals surface area contributed by atoms with Gasteiger partial charge in [0, 0.05) is 10.4 Å². The van der Waals surface area contributed by atoms with Gasteiger partial charge in [0.15, 0.2) is 0 Å². The molecule has 1 heterocycles. The number of nitrogens with one attached hydrogen (secondary N) is 1. The molecule has 110 valence electrons. The predicted octanol–water partition coefficient (Wildman–Crippen LogP) is 4.74. The summed E-state index contributed by atoms with van der Waals surface area (Å²) in [6.45, 7) is 7.07. The fourth-order valence-corrected chi connectivity index (χ4v) is 2.42. The molecule has 3 heteroatoms. The van der Waals surface area contributed by atoms with Gasteiger partial charge in [-0.05, 0) is 34.6 Å². The van der Waals surface area contributed by atoms with Crippen LogP contribution < -0.4 is 5.32 Å². The normalized spacial score (nSPS) is 11.8. The Morgan fingerprint density at radius 1 is 1.19 bits per heavy atom. The summed E-state index contributed by atoms with van der Waals surface area (Å²) in [6, 6.07) is 11.7. The predicted molar refractivity (Wildman–Crippen MR) is 90.4 cm³/mol. The third-order valence-corrected chi connectivity index (χ3v) is 3.83. The molecule has 0 fully saturated rings. The van der Waals surface area contributed by atoms with Crippen LogP contribution in [0.25, 0.3) is 6.08 Å². The largest absolute Gasteiger partial charge is 0.347 e. The van der Waals surface area contributed by atoms with Crippen LogP contribution in [0.15, 0.2) is 47.9 Å². The number of carbonyl (C=O) groups excluding carboxylic acids is 1. The van der Waals surface area contributed by atoms with Crippen molar-refractivity contribution < 1.29 is 4.79 Å². The van der Waals surface area contributed by atoms with Gasteiger partial charge in [-0.15, -0.1) is 11.3 Å². The quantitative estimate of drug-likeness (QED) is 0.868. The van der Waals surface area contributed by atoms with Gasteiger partial charge in [-0.2, -0.15) is 0 Å². The first-order valence-corrected chi connectivity index (χ1v) is 7.92. The highest BCUT2D eigenvalue weighted by Gasteiger charge is 2.06. The van der Waals surface area contributed by atoms with Crippen LogP contribution in [0, 0.1) is 5.41 Å². The number of amides is 1. The van der Waals surface area contributed by atoms with Crippen LogP contribution in [0.2, 0.25) is 0 Å². The molecule has 21 heavy (non-hydrogen) atoms. The molecule has 2 rings (SSSR count). The lowest BCUT2D eigenvalue weighted by atomic mass is 9.95. The van der Waals surface area contributed by atoms with Gasteiger partial charge in [-0.25, -0.2) is 0 Å². The number of thiophene rings is 1. The monoisotopic (exact) mass is 299 g/mol. The van der Waals surface area contributed by atoms with Gasteiger partial charge in [-0.3, -0.25) is 4.79 Å². The summed E-state index contributed by atoms with van der Waals surface area (Å²) in [7, 11) is 0. The van der Waals surface area contributed by atoms with Gasteiger partial charge in [0.05, 0.1) is 6.54 Å². The maximum Gasteiger partial charge on any atom is 0.251 e. The Bertz CT molecular complexity index is 604. The van der Waals surface area contributed by atoms with Crippen LogP contribution >= 0.6 is 11.3 Å². The number of benzene rings is 1. The van der Waals surface area contributed by atoms with Crippen molar-refractivity contribution in [3.8, 4) is 0 Å². The lowest BCUT2D eigenvalue weighted by molar-refractivity contribution is 0.0951. The molecule has 1 aromatic heterocycles. The topological polar surface area (TPSA) is 29.1 Å². The fraction of sp³-hybridized carbons (Fsp3) is 0.278. The maximum atomic E-state index is 12.0. The SMILES string of the molecule is CC(C)(C)/C=C/c1ccc(C(=O)NCc2cccs2)cc1. The van der Waals surface area contributed by atoms with E-state index in [0.717, 1.165) is 10.4 Å². The summed E-state index contributed by atoms with van der Waals surface area (Å²) >= 11 is 1.65. The second-order valence-corrected chi connectivity index (χ2v) is 7.12. The van der Waals surface area contributed by atoms with Gasteiger partial charge in [0.2, 0.25) is 0 Å². The lowest BCUT2D eigenvalue weighted by Crippen LogP contribution is -2.22. The van der Waals surface area contributed by atoms with Crippen LogP contribution in [0.5, 0.6) is 0 Å². The third-order valence-electron chi connectivity index (χ3n) is 2.95. The van der Waals surface area contributed by atoms with E-state index < -0.39 is 0 Å². The zero-order chi connectivity index (χ0) is 15.3. The van der Waals surface area contributed by atoms with Crippen molar-refractivity contribution in [2.45, 2.75) is 27.3 Å². The van der Waals surface area contributed by atoms with E-state index in [0.29, 0.717) is 12.1 Å². The standard InChI is InChI=1S/C18H21NOS/c1-18(2,3)11-10-14-6-8-15(9-7-14)17(20)19-13-16-5-4-12-21-16/h4-12H,13H2,1-3H3,(H,19,20)/b11-10+. The molecule has 2 nitrogen and oxygen atoms in total. The van der Waals surface area contributed by atoms with Crippen LogP contribution in [0.1, 0.15) is 41.6 Å². The summed E-state index contributed by atoms with van der Waals surface area (Å²) in [5.41, 5.74) is 1.97. The van der Waals surface area contributed by atoms with E-state index in [4.69, 9.17) is 0 Å². The van der Waals surface area contributed by atoms with E-state index in [2.05, 4.69) is 38.2 Å². The molecule has 0 spiro atoms. The second-order valence-electron chi connectivity index (χ2n) is 6.08. The average Bonchev–Trinajstić information content (AvgIpc) is 2.95. The molecule has 1 amide bonds. The molecule has 0 saturated carbocycles. The molecule has 0 atom stereocenters. The highest BCUT2D eigenvalue weighted by atomic mass is 32.1. The first-order chi connectivity index (χ1) is 9.94. The summed E-state index contributed by atoms with van der Waals surface area (Å²) in [5, 5.41) is 4.94. The van der Waals surface area contributed by atoms with Gasteiger partial charge in [-0.1, -0.05) is 51.1 Å². The number of hydrogen-bond acceptors (Lipinski definition) is 2. The Morgan fingerprint density at radius 3 is 2.48 bits per heavy atom. The second kappa shape index (κ2) is 6.72. The summed E-state index contributed by atoms with van der Waals surface area (Å²) < 4.78 is 0. The zero-order valence-corrected chi connectivity index (χ0v) is 13.5. The molecule has 0 radical (unpaired) electrons. The molecular weight excluding hydrogens is 278 g/mol. The minimum Gasteiger partial charge on any atom is -0.347 e. The Kier molecular flexibility index (Phi) is 4.97. The minimum absolute atomic E-state index is 0.0326. The summed E-state index contributed by atoms with van der Waals surface area (Å²) in [5.74, 6) is -0.0326. The van der Waals surface area contributed by atoms with E-state index in [-0.39, 0.29) is 11.3 Å². The molecule has 0 bridgehead atoms. The van der Waals surface area contributed by atoms with Crippen molar-refractivity contribution in [3.63, 3.8) is 0 Å². The summed E-state index contributed by atoms with van der Waals surface area (Å²) in [6.07, 6.45) is 4.26. The molecule has 0 unspecified atom stereocenters. The number of carbonyl (C=O) groups is 1. The smallest absolute Gasteiger partial charge is 0.251 e. The molecule has 1 aromatic carbocycles.